The number of rotatable bonds is 9. The van der Waals surface area contributed by atoms with Crippen molar-refractivity contribution in [2.24, 2.45) is 5.92 Å². The maximum Gasteiger partial charge on any atom is 0.226 e. The Morgan fingerprint density at radius 1 is 1.06 bits per heavy atom. The van der Waals surface area contributed by atoms with Crippen molar-refractivity contribution in [3.05, 3.63) is 59.7 Å². The molecule has 0 spiro atoms. The van der Waals surface area contributed by atoms with E-state index in [-0.39, 0.29) is 22.9 Å². The molecular formula is C22H25N5O3S. The third-order valence-electron chi connectivity index (χ3n) is 4.60. The molecule has 1 amide bonds. The van der Waals surface area contributed by atoms with Crippen LogP contribution in [0.5, 0.6) is 5.75 Å². The molecule has 0 fully saturated rings. The summed E-state index contributed by atoms with van der Waals surface area (Å²) in [7, 11) is 1.62. The first kappa shape index (κ1) is 22.5. The molecule has 162 valence electrons. The molecule has 0 saturated heterocycles. The maximum atomic E-state index is 12.9. The molecule has 0 aliphatic carbocycles. The van der Waals surface area contributed by atoms with E-state index < -0.39 is 0 Å². The summed E-state index contributed by atoms with van der Waals surface area (Å²) in [6, 6.07) is 14.6. The van der Waals surface area contributed by atoms with Crippen molar-refractivity contribution in [1.29, 1.82) is 0 Å². The van der Waals surface area contributed by atoms with Crippen LogP contribution < -0.4 is 10.1 Å². The number of nitrogens with one attached hydrogen (secondary N) is 1. The average Bonchev–Trinajstić information content (AvgIpc) is 3.20. The van der Waals surface area contributed by atoms with Gasteiger partial charge >= 0.3 is 0 Å². The Balaban J connectivity index is 1.63. The lowest BCUT2D eigenvalue weighted by Gasteiger charge is -2.12. The first-order valence-corrected chi connectivity index (χ1v) is 10.8. The number of hydrogen-bond donors (Lipinski definition) is 1. The second-order valence-corrected chi connectivity index (χ2v) is 8.62. The number of ether oxygens (including phenoxy) is 1. The zero-order valence-corrected chi connectivity index (χ0v) is 18.7. The minimum atomic E-state index is -0.378. The van der Waals surface area contributed by atoms with Gasteiger partial charge in [0, 0.05) is 17.2 Å². The number of benzene rings is 2. The Morgan fingerprint density at radius 2 is 1.74 bits per heavy atom. The number of thioether (sulfide) groups is 1. The average molecular weight is 440 g/mol. The number of carbonyl (C=O) groups is 2. The van der Waals surface area contributed by atoms with Crippen molar-refractivity contribution < 1.29 is 14.3 Å². The molecule has 1 aromatic heterocycles. The van der Waals surface area contributed by atoms with E-state index in [4.69, 9.17) is 4.74 Å². The maximum absolute atomic E-state index is 12.9. The van der Waals surface area contributed by atoms with Gasteiger partial charge in [0.2, 0.25) is 11.1 Å². The number of tetrazole rings is 1. The summed E-state index contributed by atoms with van der Waals surface area (Å²) in [5.41, 5.74) is 2.25. The third-order valence-corrected chi connectivity index (χ3v) is 5.67. The topological polar surface area (TPSA) is 99.0 Å². The van der Waals surface area contributed by atoms with Crippen LogP contribution in [-0.2, 0) is 11.3 Å². The minimum absolute atomic E-state index is 0.0364. The highest BCUT2D eigenvalue weighted by molar-refractivity contribution is 8.00. The lowest BCUT2D eigenvalue weighted by atomic mass is 10.1. The molecule has 9 heteroatoms. The van der Waals surface area contributed by atoms with Gasteiger partial charge < -0.3 is 10.1 Å². The largest absolute Gasteiger partial charge is 0.497 e. The summed E-state index contributed by atoms with van der Waals surface area (Å²) in [4.78, 5) is 24.7. The summed E-state index contributed by atoms with van der Waals surface area (Å²) >= 11 is 1.31. The van der Waals surface area contributed by atoms with Crippen molar-refractivity contribution in [2.45, 2.75) is 37.7 Å². The SMILES string of the molecule is COc1ccc(Cn2nnnc2SC(C)C(=O)c2ccc(NC(=O)C(C)C)cc2)cc1. The molecule has 0 aliphatic rings. The van der Waals surface area contributed by atoms with E-state index >= 15 is 0 Å². The van der Waals surface area contributed by atoms with Crippen LogP contribution in [0.3, 0.4) is 0 Å². The van der Waals surface area contributed by atoms with Gasteiger partial charge in [-0.15, -0.1) is 5.10 Å². The molecule has 3 aromatic rings. The quantitative estimate of drug-likeness (QED) is 0.401. The van der Waals surface area contributed by atoms with Crippen molar-refractivity contribution in [3.8, 4) is 5.75 Å². The molecule has 1 heterocycles. The van der Waals surface area contributed by atoms with Crippen molar-refractivity contribution in [3.63, 3.8) is 0 Å². The van der Waals surface area contributed by atoms with Crippen molar-refractivity contribution in [2.75, 3.05) is 12.4 Å². The van der Waals surface area contributed by atoms with Crippen LogP contribution >= 0.6 is 11.8 Å². The van der Waals surface area contributed by atoms with Gasteiger partial charge in [0.05, 0.1) is 18.9 Å². The molecule has 8 nitrogen and oxygen atoms in total. The van der Waals surface area contributed by atoms with E-state index in [1.165, 1.54) is 11.8 Å². The van der Waals surface area contributed by atoms with Crippen LogP contribution in [0.25, 0.3) is 0 Å². The molecule has 31 heavy (non-hydrogen) atoms. The fourth-order valence-corrected chi connectivity index (χ4v) is 3.60. The standard InChI is InChI=1S/C22H25N5O3S/c1-14(2)21(29)23-18-9-7-17(8-10-18)20(28)15(3)31-22-24-25-26-27(22)13-16-5-11-19(30-4)12-6-16/h5-12,14-15H,13H2,1-4H3,(H,23,29). The van der Waals surface area contributed by atoms with E-state index in [9.17, 15) is 9.59 Å². The van der Waals surface area contributed by atoms with E-state index in [2.05, 4.69) is 20.8 Å². The predicted octanol–water partition coefficient (Wildman–Crippen LogP) is 3.69. The van der Waals surface area contributed by atoms with Gasteiger partial charge in [0.1, 0.15) is 5.75 Å². The Hall–Kier alpha value is -3.20. The zero-order valence-electron chi connectivity index (χ0n) is 17.9. The minimum Gasteiger partial charge on any atom is -0.497 e. The predicted molar refractivity (Wildman–Crippen MR) is 119 cm³/mol. The molecule has 0 radical (unpaired) electrons. The third kappa shape index (κ3) is 5.91. The number of hydrogen-bond acceptors (Lipinski definition) is 7. The fourth-order valence-electron chi connectivity index (χ4n) is 2.73. The molecule has 3 rings (SSSR count). The van der Waals surface area contributed by atoms with Crippen LogP contribution in [0.15, 0.2) is 53.7 Å². The Labute approximate surface area is 185 Å². The number of nitrogens with zero attached hydrogens (tertiary/aromatic N) is 4. The summed E-state index contributed by atoms with van der Waals surface area (Å²) in [5, 5.41) is 14.9. The Kier molecular flexibility index (Phi) is 7.41. The van der Waals surface area contributed by atoms with Gasteiger partial charge in [-0.1, -0.05) is 37.7 Å². The zero-order chi connectivity index (χ0) is 22.4. The monoisotopic (exact) mass is 439 g/mol. The lowest BCUT2D eigenvalue weighted by Crippen LogP contribution is -2.18. The number of ketones is 1. The molecule has 1 unspecified atom stereocenters. The van der Waals surface area contributed by atoms with E-state index in [1.807, 2.05) is 45.0 Å². The van der Waals surface area contributed by atoms with E-state index in [1.54, 1.807) is 36.1 Å². The van der Waals surface area contributed by atoms with Crippen molar-refractivity contribution in [1.82, 2.24) is 20.2 Å². The first-order chi connectivity index (χ1) is 14.9. The highest BCUT2D eigenvalue weighted by atomic mass is 32.2. The summed E-state index contributed by atoms with van der Waals surface area (Å²) < 4.78 is 6.84. The number of anilines is 1. The molecular weight excluding hydrogens is 414 g/mol. The van der Waals surface area contributed by atoms with Crippen LogP contribution in [0, 0.1) is 5.92 Å². The number of carbonyl (C=O) groups excluding carboxylic acids is 2. The highest BCUT2D eigenvalue weighted by Gasteiger charge is 2.20. The highest BCUT2D eigenvalue weighted by Crippen LogP contribution is 2.25. The number of Topliss-reactive ketones (excluding diaryl/α,β-unsaturated/α-hetero) is 1. The molecule has 1 N–H and O–H groups in total. The van der Waals surface area contributed by atoms with Crippen LogP contribution in [0.2, 0.25) is 0 Å². The lowest BCUT2D eigenvalue weighted by molar-refractivity contribution is -0.118. The summed E-state index contributed by atoms with van der Waals surface area (Å²) in [6.45, 7) is 5.97. The summed E-state index contributed by atoms with van der Waals surface area (Å²) in [6.07, 6.45) is 0. The van der Waals surface area contributed by atoms with Gasteiger partial charge in [-0.3, -0.25) is 9.59 Å². The van der Waals surface area contributed by atoms with Crippen molar-refractivity contribution >= 4 is 29.1 Å². The molecule has 2 aromatic carbocycles. The van der Waals surface area contributed by atoms with Gasteiger partial charge in [-0.25, -0.2) is 4.68 Å². The van der Waals surface area contributed by atoms with Crippen LogP contribution in [-0.4, -0.2) is 44.3 Å². The van der Waals surface area contributed by atoms with Gasteiger partial charge in [0.15, 0.2) is 5.78 Å². The fraction of sp³-hybridized carbons (Fsp3) is 0.318. The second kappa shape index (κ2) is 10.2. The molecule has 1 atom stereocenters. The van der Waals surface area contributed by atoms with Gasteiger partial charge in [-0.05, 0) is 59.3 Å². The van der Waals surface area contributed by atoms with E-state index in [0.29, 0.717) is 23.0 Å². The van der Waals surface area contributed by atoms with Gasteiger partial charge in [-0.2, -0.15) is 0 Å². The smallest absolute Gasteiger partial charge is 0.226 e. The number of amides is 1. The molecule has 0 bridgehead atoms. The molecule has 0 aliphatic heterocycles. The number of methoxy groups -OCH3 is 1. The second-order valence-electron chi connectivity index (χ2n) is 7.31. The normalized spacial score (nSPS) is 11.9. The van der Waals surface area contributed by atoms with Crippen LogP contribution in [0.1, 0.15) is 36.7 Å². The molecule has 0 saturated carbocycles. The van der Waals surface area contributed by atoms with Crippen LogP contribution in [0.4, 0.5) is 5.69 Å². The van der Waals surface area contributed by atoms with Gasteiger partial charge in [0.25, 0.3) is 0 Å². The number of aromatic nitrogens is 4. The van der Waals surface area contributed by atoms with E-state index in [0.717, 1.165) is 11.3 Å². The summed E-state index contributed by atoms with van der Waals surface area (Å²) in [5.74, 6) is 0.572. The Bertz CT molecular complexity index is 1030. The first-order valence-electron chi connectivity index (χ1n) is 9.88. The Morgan fingerprint density at radius 3 is 2.35 bits per heavy atom.